The number of nitrogens with two attached hydrogens (primary N) is 1. The molecule has 1 aliphatic rings. The summed E-state index contributed by atoms with van der Waals surface area (Å²) in [7, 11) is 0. The Morgan fingerprint density at radius 3 is 3.26 bits per heavy atom. The van der Waals surface area contributed by atoms with Crippen LogP contribution in [0.5, 0.6) is 0 Å². The lowest BCUT2D eigenvalue weighted by atomic mass is 10.3. The maximum atomic E-state index is 5.75. The average Bonchev–Trinajstić information content (AvgIpc) is 2.63. The molecule has 1 unspecified atom stereocenters. The van der Waals surface area contributed by atoms with Gasteiger partial charge in [0.25, 0.3) is 0 Å². The summed E-state index contributed by atoms with van der Waals surface area (Å²) in [6.45, 7) is 5.60. The molecule has 0 aliphatic carbocycles. The maximum Gasteiger partial charge on any atom is 0.209 e. The van der Waals surface area contributed by atoms with Crippen molar-refractivity contribution in [3.63, 3.8) is 0 Å². The van der Waals surface area contributed by atoms with Gasteiger partial charge in [0.15, 0.2) is 5.58 Å². The summed E-state index contributed by atoms with van der Waals surface area (Å²) in [5.74, 6) is 0.745. The highest BCUT2D eigenvalue weighted by Gasteiger charge is 2.17. The van der Waals surface area contributed by atoms with Crippen molar-refractivity contribution in [3.8, 4) is 0 Å². The van der Waals surface area contributed by atoms with Crippen LogP contribution in [0.2, 0.25) is 0 Å². The van der Waals surface area contributed by atoms with Crippen molar-refractivity contribution in [2.75, 3.05) is 25.4 Å². The summed E-state index contributed by atoms with van der Waals surface area (Å²) in [6, 6.07) is 5.55. The van der Waals surface area contributed by atoms with Gasteiger partial charge in [0.2, 0.25) is 5.89 Å². The second-order valence-electron chi connectivity index (χ2n) is 5.10. The number of fused-ring (bicyclic) bond motifs is 1. The van der Waals surface area contributed by atoms with Gasteiger partial charge in [-0.1, -0.05) is 0 Å². The Kier molecular flexibility index (Phi) is 3.40. The van der Waals surface area contributed by atoms with Crippen LogP contribution in [0.15, 0.2) is 22.6 Å². The number of rotatable bonds is 2. The molecule has 0 saturated carbocycles. The Morgan fingerprint density at radius 1 is 1.47 bits per heavy atom. The van der Waals surface area contributed by atoms with E-state index in [9.17, 15) is 0 Å². The van der Waals surface area contributed by atoms with E-state index in [0.29, 0.717) is 5.69 Å². The molecule has 19 heavy (non-hydrogen) atoms. The summed E-state index contributed by atoms with van der Waals surface area (Å²) >= 11 is 0. The van der Waals surface area contributed by atoms with Crippen LogP contribution >= 0.6 is 0 Å². The number of hydrogen-bond donors (Lipinski definition) is 1. The first-order valence-corrected chi connectivity index (χ1v) is 6.69. The van der Waals surface area contributed by atoms with Crippen LogP contribution in [-0.4, -0.2) is 35.7 Å². The lowest BCUT2D eigenvalue weighted by molar-refractivity contribution is 0.0657. The second-order valence-corrected chi connectivity index (χ2v) is 5.10. The van der Waals surface area contributed by atoms with Gasteiger partial charge in [-0.15, -0.1) is 0 Å². The fourth-order valence-corrected chi connectivity index (χ4v) is 2.47. The SMILES string of the molecule is CC1CN(Cc2nc3cc(N)ccc3o2)CCCO1. The van der Waals surface area contributed by atoms with E-state index in [4.69, 9.17) is 14.9 Å². The first-order valence-electron chi connectivity index (χ1n) is 6.69. The molecule has 1 atom stereocenters. The zero-order valence-corrected chi connectivity index (χ0v) is 11.1. The van der Waals surface area contributed by atoms with Crippen molar-refractivity contribution < 1.29 is 9.15 Å². The first kappa shape index (κ1) is 12.4. The average molecular weight is 261 g/mol. The molecule has 5 nitrogen and oxygen atoms in total. The molecular formula is C14H19N3O2. The van der Waals surface area contributed by atoms with Crippen molar-refractivity contribution in [1.82, 2.24) is 9.88 Å². The van der Waals surface area contributed by atoms with Crippen LogP contribution in [0.3, 0.4) is 0 Å². The third-order valence-corrected chi connectivity index (χ3v) is 3.35. The number of oxazole rings is 1. The molecule has 1 aromatic heterocycles. The number of anilines is 1. The number of nitrogens with zero attached hydrogens (tertiary/aromatic N) is 2. The third kappa shape index (κ3) is 2.88. The molecule has 0 amide bonds. The Morgan fingerprint density at radius 2 is 2.37 bits per heavy atom. The first-order chi connectivity index (χ1) is 9.20. The van der Waals surface area contributed by atoms with Gasteiger partial charge in [-0.3, -0.25) is 4.90 Å². The molecule has 5 heteroatoms. The van der Waals surface area contributed by atoms with E-state index in [1.165, 1.54) is 0 Å². The zero-order chi connectivity index (χ0) is 13.2. The van der Waals surface area contributed by atoms with E-state index in [1.807, 2.05) is 18.2 Å². The van der Waals surface area contributed by atoms with Gasteiger partial charge in [-0.25, -0.2) is 4.98 Å². The van der Waals surface area contributed by atoms with E-state index in [2.05, 4.69) is 16.8 Å². The molecular weight excluding hydrogens is 242 g/mol. The highest BCUT2D eigenvalue weighted by Crippen LogP contribution is 2.19. The number of nitrogen functional groups attached to an aromatic ring is 1. The normalized spacial score (nSPS) is 21.6. The lowest BCUT2D eigenvalue weighted by Crippen LogP contribution is -2.29. The van der Waals surface area contributed by atoms with Crippen LogP contribution < -0.4 is 5.73 Å². The van der Waals surface area contributed by atoms with E-state index in [-0.39, 0.29) is 6.10 Å². The standard InChI is InChI=1S/C14H19N3O2/c1-10-8-17(5-2-6-18-10)9-14-16-12-7-11(15)3-4-13(12)19-14/h3-4,7,10H,2,5-6,8-9,15H2,1H3. The van der Waals surface area contributed by atoms with Crippen molar-refractivity contribution in [2.24, 2.45) is 0 Å². The highest BCUT2D eigenvalue weighted by molar-refractivity contribution is 5.76. The summed E-state index contributed by atoms with van der Waals surface area (Å²) in [5, 5.41) is 0. The quantitative estimate of drug-likeness (QED) is 0.838. The zero-order valence-electron chi connectivity index (χ0n) is 11.1. The van der Waals surface area contributed by atoms with Gasteiger partial charge < -0.3 is 14.9 Å². The minimum absolute atomic E-state index is 0.266. The molecule has 1 saturated heterocycles. The minimum Gasteiger partial charge on any atom is -0.439 e. The van der Waals surface area contributed by atoms with Crippen LogP contribution in [-0.2, 0) is 11.3 Å². The summed E-state index contributed by atoms with van der Waals surface area (Å²) in [5.41, 5.74) is 8.08. The number of hydrogen-bond acceptors (Lipinski definition) is 5. The smallest absolute Gasteiger partial charge is 0.209 e. The fourth-order valence-electron chi connectivity index (χ4n) is 2.47. The number of ether oxygens (including phenoxy) is 1. The Labute approximate surface area is 112 Å². The van der Waals surface area contributed by atoms with Gasteiger partial charge in [-0.2, -0.15) is 0 Å². The monoisotopic (exact) mass is 261 g/mol. The Bertz CT molecular complexity index is 567. The Hall–Kier alpha value is -1.59. The van der Waals surface area contributed by atoms with Crippen LogP contribution in [0, 0.1) is 0 Å². The number of benzene rings is 1. The van der Waals surface area contributed by atoms with E-state index in [1.54, 1.807) is 0 Å². The molecule has 1 aromatic carbocycles. The van der Waals surface area contributed by atoms with E-state index < -0.39 is 0 Å². The molecule has 0 bridgehead atoms. The largest absolute Gasteiger partial charge is 0.439 e. The minimum atomic E-state index is 0.266. The van der Waals surface area contributed by atoms with E-state index in [0.717, 1.165) is 49.7 Å². The molecule has 2 N–H and O–H groups in total. The summed E-state index contributed by atoms with van der Waals surface area (Å²) < 4.78 is 11.4. The molecule has 0 radical (unpaired) electrons. The van der Waals surface area contributed by atoms with Gasteiger partial charge >= 0.3 is 0 Å². The summed E-state index contributed by atoms with van der Waals surface area (Å²) in [6.07, 6.45) is 1.32. The third-order valence-electron chi connectivity index (χ3n) is 3.35. The van der Waals surface area contributed by atoms with Gasteiger partial charge in [0, 0.05) is 25.4 Å². The predicted octanol–water partition coefficient (Wildman–Crippen LogP) is 2.02. The predicted molar refractivity (Wildman–Crippen MR) is 73.7 cm³/mol. The molecule has 1 aliphatic heterocycles. The van der Waals surface area contributed by atoms with Gasteiger partial charge in [0.05, 0.1) is 12.6 Å². The summed E-state index contributed by atoms with van der Waals surface area (Å²) in [4.78, 5) is 6.82. The van der Waals surface area contributed by atoms with Crippen molar-refractivity contribution in [1.29, 1.82) is 0 Å². The molecule has 3 rings (SSSR count). The van der Waals surface area contributed by atoms with Crippen molar-refractivity contribution in [3.05, 3.63) is 24.1 Å². The van der Waals surface area contributed by atoms with Crippen molar-refractivity contribution in [2.45, 2.75) is 26.0 Å². The van der Waals surface area contributed by atoms with Gasteiger partial charge in [-0.05, 0) is 31.5 Å². The number of aromatic nitrogens is 1. The van der Waals surface area contributed by atoms with E-state index >= 15 is 0 Å². The molecule has 102 valence electrons. The molecule has 1 fully saturated rings. The van der Waals surface area contributed by atoms with Crippen LogP contribution in [0.25, 0.3) is 11.1 Å². The second kappa shape index (κ2) is 5.19. The topological polar surface area (TPSA) is 64.5 Å². The van der Waals surface area contributed by atoms with Crippen molar-refractivity contribution >= 4 is 16.8 Å². The Balaban J connectivity index is 1.76. The lowest BCUT2D eigenvalue weighted by Gasteiger charge is -2.19. The van der Waals surface area contributed by atoms with Crippen LogP contribution in [0.4, 0.5) is 5.69 Å². The fraction of sp³-hybridized carbons (Fsp3) is 0.500. The molecule has 2 aromatic rings. The molecule has 0 spiro atoms. The molecule has 2 heterocycles. The maximum absolute atomic E-state index is 5.75. The highest BCUT2D eigenvalue weighted by atomic mass is 16.5. The van der Waals surface area contributed by atoms with Crippen LogP contribution in [0.1, 0.15) is 19.2 Å². The van der Waals surface area contributed by atoms with Gasteiger partial charge in [0.1, 0.15) is 5.52 Å².